The third-order valence-corrected chi connectivity index (χ3v) is 4.88. The van der Waals surface area contributed by atoms with Crippen molar-refractivity contribution in [3.63, 3.8) is 0 Å². The van der Waals surface area contributed by atoms with Crippen LogP contribution >= 0.6 is 0 Å². The molecule has 0 aliphatic carbocycles. The van der Waals surface area contributed by atoms with Gasteiger partial charge in [0, 0.05) is 0 Å². The van der Waals surface area contributed by atoms with E-state index in [1.54, 1.807) is 0 Å². The van der Waals surface area contributed by atoms with E-state index in [2.05, 4.69) is 0 Å². The van der Waals surface area contributed by atoms with Crippen LogP contribution in [0.15, 0.2) is 29.2 Å². The zero-order chi connectivity index (χ0) is 13.5. The molecule has 0 fully saturated rings. The second-order valence-corrected chi connectivity index (χ2v) is 7.32. The Bertz CT molecular complexity index is 627. The van der Waals surface area contributed by atoms with Crippen LogP contribution < -0.4 is 0 Å². The first-order chi connectivity index (χ1) is 7.48. The van der Waals surface area contributed by atoms with E-state index in [0.717, 1.165) is 19.9 Å². The minimum Gasteiger partial charge on any atom is -0.285 e. The van der Waals surface area contributed by atoms with Gasteiger partial charge < -0.3 is 0 Å². The Morgan fingerprint density at radius 1 is 1.00 bits per heavy atom. The lowest BCUT2D eigenvalue weighted by atomic mass is 10.0. The van der Waals surface area contributed by atoms with E-state index < -0.39 is 29.9 Å². The Morgan fingerprint density at radius 2 is 1.47 bits per heavy atom. The van der Waals surface area contributed by atoms with Gasteiger partial charge in [0.25, 0.3) is 20.2 Å². The summed E-state index contributed by atoms with van der Waals surface area (Å²) in [5.74, 6) is 0. The Kier molecular flexibility index (Phi) is 3.36. The molecule has 0 saturated heterocycles. The smallest absolute Gasteiger partial charge is 0.285 e. The van der Waals surface area contributed by atoms with Crippen LogP contribution in [0.1, 0.15) is 19.4 Å². The normalized spacial score (nSPS) is 13.6. The monoisotopic (exact) mass is 280 g/mol. The second kappa shape index (κ2) is 4.05. The molecule has 6 nitrogen and oxygen atoms in total. The van der Waals surface area contributed by atoms with Gasteiger partial charge in [-0.2, -0.15) is 16.8 Å². The van der Waals surface area contributed by atoms with Crippen molar-refractivity contribution >= 4 is 20.2 Å². The van der Waals surface area contributed by atoms with Gasteiger partial charge in [0.1, 0.15) is 4.75 Å². The molecular formula is C9H12O6S2. The fourth-order valence-corrected chi connectivity index (χ4v) is 2.70. The first-order valence-electron chi connectivity index (χ1n) is 4.52. The van der Waals surface area contributed by atoms with Gasteiger partial charge in [0.05, 0.1) is 4.90 Å². The predicted molar refractivity (Wildman–Crippen MR) is 60.8 cm³/mol. The van der Waals surface area contributed by atoms with Crippen LogP contribution in [0, 0.1) is 0 Å². The largest absolute Gasteiger partial charge is 0.294 e. The third kappa shape index (κ3) is 2.65. The molecule has 0 aliphatic heterocycles. The summed E-state index contributed by atoms with van der Waals surface area (Å²) in [6, 6.07) is 5.04. The van der Waals surface area contributed by atoms with Gasteiger partial charge in [-0.1, -0.05) is 18.2 Å². The first-order valence-corrected chi connectivity index (χ1v) is 7.40. The molecule has 0 aromatic heterocycles. The molecule has 0 atom stereocenters. The molecular weight excluding hydrogens is 268 g/mol. The maximum absolute atomic E-state index is 11.2. The number of hydrogen-bond donors (Lipinski definition) is 2. The molecule has 1 aromatic carbocycles. The highest BCUT2D eigenvalue weighted by Crippen LogP contribution is 2.33. The van der Waals surface area contributed by atoms with Crippen LogP contribution in [0.25, 0.3) is 0 Å². The quantitative estimate of drug-likeness (QED) is 0.801. The molecule has 0 amide bonds. The fourth-order valence-electron chi connectivity index (χ4n) is 1.33. The van der Waals surface area contributed by atoms with Gasteiger partial charge in [-0.05, 0) is 25.5 Å². The Morgan fingerprint density at radius 3 is 1.88 bits per heavy atom. The Balaban J connectivity index is 3.66. The topological polar surface area (TPSA) is 109 Å². The zero-order valence-electron chi connectivity index (χ0n) is 9.15. The SMILES string of the molecule is CC(C)(c1ccccc1S(=O)(=O)O)S(=O)(=O)O. The van der Waals surface area contributed by atoms with Crippen LogP contribution in [0.3, 0.4) is 0 Å². The average Bonchev–Trinajstić information content (AvgIpc) is 2.14. The van der Waals surface area contributed by atoms with Gasteiger partial charge in [0.2, 0.25) is 0 Å². The molecule has 2 N–H and O–H groups in total. The van der Waals surface area contributed by atoms with Crippen LogP contribution in [-0.4, -0.2) is 25.9 Å². The van der Waals surface area contributed by atoms with Crippen molar-refractivity contribution in [2.45, 2.75) is 23.5 Å². The summed E-state index contributed by atoms with van der Waals surface area (Å²) in [4.78, 5) is -0.539. The summed E-state index contributed by atoms with van der Waals surface area (Å²) in [5.41, 5.74) is -0.190. The maximum atomic E-state index is 11.2. The number of hydrogen-bond acceptors (Lipinski definition) is 4. The van der Waals surface area contributed by atoms with E-state index in [1.807, 2.05) is 0 Å². The van der Waals surface area contributed by atoms with Crippen molar-refractivity contribution in [1.82, 2.24) is 0 Å². The predicted octanol–water partition coefficient (Wildman–Crippen LogP) is 1.06. The van der Waals surface area contributed by atoms with E-state index in [4.69, 9.17) is 9.11 Å². The van der Waals surface area contributed by atoms with Crippen molar-refractivity contribution in [2.24, 2.45) is 0 Å². The molecule has 0 spiro atoms. The zero-order valence-corrected chi connectivity index (χ0v) is 10.8. The van der Waals surface area contributed by atoms with Gasteiger partial charge in [-0.25, -0.2) is 0 Å². The third-order valence-electron chi connectivity index (χ3n) is 2.46. The van der Waals surface area contributed by atoms with E-state index in [1.165, 1.54) is 18.2 Å². The lowest BCUT2D eigenvalue weighted by Gasteiger charge is -2.23. The van der Waals surface area contributed by atoms with Crippen LogP contribution in [-0.2, 0) is 25.0 Å². The Labute approximate surface area is 99.8 Å². The molecule has 0 radical (unpaired) electrons. The van der Waals surface area contributed by atoms with E-state index in [-0.39, 0.29) is 5.56 Å². The highest BCUT2D eigenvalue weighted by atomic mass is 32.2. The summed E-state index contributed by atoms with van der Waals surface area (Å²) in [7, 11) is -9.07. The molecule has 8 heteroatoms. The van der Waals surface area contributed by atoms with E-state index >= 15 is 0 Å². The minimum absolute atomic E-state index is 0.190. The molecule has 17 heavy (non-hydrogen) atoms. The van der Waals surface area contributed by atoms with Crippen LogP contribution in [0.4, 0.5) is 0 Å². The molecule has 0 unspecified atom stereocenters. The minimum atomic E-state index is -4.55. The highest BCUT2D eigenvalue weighted by molar-refractivity contribution is 7.87. The van der Waals surface area contributed by atoms with Gasteiger partial charge in [0.15, 0.2) is 0 Å². The molecule has 96 valence electrons. The van der Waals surface area contributed by atoms with E-state index in [9.17, 15) is 16.8 Å². The van der Waals surface area contributed by atoms with Crippen molar-refractivity contribution in [3.05, 3.63) is 29.8 Å². The summed E-state index contributed by atoms with van der Waals surface area (Å²) in [6.07, 6.45) is 0. The summed E-state index contributed by atoms with van der Waals surface area (Å²) in [5, 5.41) is 0. The van der Waals surface area contributed by atoms with E-state index in [0.29, 0.717) is 0 Å². The molecule has 1 aromatic rings. The first kappa shape index (κ1) is 14.1. The highest BCUT2D eigenvalue weighted by Gasteiger charge is 2.38. The Hall–Kier alpha value is -0.960. The van der Waals surface area contributed by atoms with Crippen molar-refractivity contribution in [3.8, 4) is 0 Å². The molecule has 0 heterocycles. The molecule has 0 bridgehead atoms. The lowest BCUT2D eigenvalue weighted by molar-refractivity contribution is 0.442. The molecule has 0 saturated carbocycles. The molecule has 1 rings (SSSR count). The fraction of sp³-hybridized carbons (Fsp3) is 0.333. The van der Waals surface area contributed by atoms with Crippen molar-refractivity contribution < 1.29 is 25.9 Å². The maximum Gasteiger partial charge on any atom is 0.294 e. The van der Waals surface area contributed by atoms with Crippen molar-refractivity contribution in [1.29, 1.82) is 0 Å². The standard InChI is InChI=1S/C9H12O6S2/c1-9(2,17(13,14)15)7-5-3-4-6-8(7)16(10,11)12/h3-6H,1-2H3,(H,10,11,12)(H,13,14,15). The average molecular weight is 280 g/mol. The second-order valence-electron chi connectivity index (χ2n) is 3.96. The molecule has 0 aliphatic rings. The van der Waals surface area contributed by atoms with Crippen molar-refractivity contribution in [2.75, 3.05) is 0 Å². The van der Waals surface area contributed by atoms with Crippen LogP contribution in [0.2, 0.25) is 0 Å². The number of rotatable bonds is 3. The van der Waals surface area contributed by atoms with Gasteiger partial charge in [-0.15, -0.1) is 0 Å². The van der Waals surface area contributed by atoms with Crippen LogP contribution in [0.5, 0.6) is 0 Å². The van der Waals surface area contributed by atoms with Gasteiger partial charge >= 0.3 is 0 Å². The lowest BCUT2D eigenvalue weighted by Crippen LogP contribution is -2.30. The number of benzene rings is 1. The summed E-state index contributed by atoms with van der Waals surface area (Å²) in [6.45, 7) is 2.29. The summed E-state index contributed by atoms with van der Waals surface area (Å²) >= 11 is 0. The van der Waals surface area contributed by atoms with Gasteiger partial charge in [-0.3, -0.25) is 9.11 Å². The summed E-state index contributed by atoms with van der Waals surface area (Å²) < 4.78 is 60.9.